The van der Waals surface area contributed by atoms with Gasteiger partial charge in [-0.05, 0) is 37.1 Å². The van der Waals surface area contributed by atoms with Gasteiger partial charge < -0.3 is 13.7 Å². The highest BCUT2D eigenvalue weighted by atomic mass is 16.4. The predicted octanol–water partition coefficient (Wildman–Crippen LogP) is 2.84. The topological polar surface area (TPSA) is 107 Å². The summed E-state index contributed by atoms with van der Waals surface area (Å²) in [4.78, 5) is 31.4. The molecule has 3 aromatic heterocycles. The number of carbonyl (C=O) groups is 1. The first kappa shape index (κ1) is 19.2. The summed E-state index contributed by atoms with van der Waals surface area (Å²) in [6, 6.07) is 10.8. The minimum atomic E-state index is -0.124. The molecule has 0 bridgehead atoms. The van der Waals surface area contributed by atoms with Crippen LogP contribution in [-0.4, -0.2) is 43.6 Å². The van der Waals surface area contributed by atoms with Crippen LogP contribution < -0.4 is 5.56 Å². The maximum absolute atomic E-state index is 12.7. The largest absolute Gasteiger partial charge is 0.459 e. The lowest BCUT2D eigenvalue weighted by molar-refractivity contribution is -0.132. The third kappa shape index (κ3) is 3.86. The second-order valence-electron chi connectivity index (χ2n) is 7.59. The number of hydrogen-bond acceptors (Lipinski definition) is 7. The zero-order chi connectivity index (χ0) is 21.2. The molecular weight excluding hydrogens is 398 g/mol. The Morgan fingerprint density at radius 3 is 2.74 bits per heavy atom. The highest BCUT2D eigenvalue weighted by Gasteiger charge is 2.27. The van der Waals surface area contributed by atoms with E-state index < -0.39 is 0 Å². The van der Waals surface area contributed by atoms with Crippen LogP contribution in [0.4, 0.5) is 0 Å². The summed E-state index contributed by atoms with van der Waals surface area (Å²) in [5, 5.41) is 8.76. The van der Waals surface area contributed by atoms with Crippen LogP contribution in [0.25, 0.3) is 22.6 Å². The number of carbonyl (C=O) groups excluding carboxylic acids is 1. The number of benzene rings is 1. The van der Waals surface area contributed by atoms with Gasteiger partial charge in [0.2, 0.25) is 11.8 Å². The fraction of sp³-hybridized carbons (Fsp3) is 0.318. The van der Waals surface area contributed by atoms with Gasteiger partial charge in [0.1, 0.15) is 0 Å². The molecule has 158 valence electrons. The van der Waals surface area contributed by atoms with Crippen LogP contribution in [0.15, 0.2) is 62.6 Å². The Hall–Kier alpha value is -3.75. The second kappa shape index (κ2) is 8.17. The van der Waals surface area contributed by atoms with E-state index in [9.17, 15) is 9.59 Å². The minimum Gasteiger partial charge on any atom is -0.459 e. The molecule has 1 fully saturated rings. The molecule has 31 heavy (non-hydrogen) atoms. The molecule has 0 saturated carbocycles. The Morgan fingerprint density at radius 1 is 1.10 bits per heavy atom. The molecule has 0 N–H and O–H groups in total. The molecule has 0 spiro atoms. The van der Waals surface area contributed by atoms with Crippen LogP contribution in [0, 0.1) is 0 Å². The number of amides is 1. The highest BCUT2D eigenvalue weighted by molar-refractivity contribution is 5.77. The number of rotatable bonds is 5. The van der Waals surface area contributed by atoms with E-state index in [0.717, 1.165) is 12.8 Å². The van der Waals surface area contributed by atoms with Crippen molar-refractivity contribution in [3.05, 3.63) is 65.2 Å². The van der Waals surface area contributed by atoms with Gasteiger partial charge in [0, 0.05) is 32.0 Å². The van der Waals surface area contributed by atoms with Gasteiger partial charge in [-0.25, -0.2) is 4.98 Å². The quantitative estimate of drug-likeness (QED) is 0.489. The van der Waals surface area contributed by atoms with Crippen molar-refractivity contribution in [2.75, 3.05) is 13.1 Å². The molecular formula is C22H21N5O4. The number of hydrogen-bond donors (Lipinski definition) is 0. The number of fused-ring (bicyclic) bond motifs is 1. The average Bonchev–Trinajstić information content (AvgIpc) is 3.51. The van der Waals surface area contributed by atoms with Crippen molar-refractivity contribution in [3.8, 4) is 11.7 Å². The minimum absolute atomic E-state index is 0.0281. The van der Waals surface area contributed by atoms with Crippen molar-refractivity contribution in [2.24, 2.45) is 0 Å². The standard InChI is InChI=1S/C22H21N5O4/c28-19(9-12-27-14-23-17-5-2-1-4-16(17)22(27)29)26-10-7-15(8-11-26)20-24-25-21(31-20)18-6-3-13-30-18/h1-6,13-15H,7-12H2. The van der Waals surface area contributed by atoms with E-state index in [4.69, 9.17) is 8.83 Å². The van der Waals surface area contributed by atoms with Gasteiger partial charge in [0.15, 0.2) is 5.76 Å². The van der Waals surface area contributed by atoms with E-state index in [1.54, 1.807) is 30.5 Å². The van der Waals surface area contributed by atoms with Crippen molar-refractivity contribution < 1.29 is 13.6 Å². The van der Waals surface area contributed by atoms with Crippen molar-refractivity contribution in [3.63, 3.8) is 0 Å². The Balaban J connectivity index is 1.17. The number of aromatic nitrogens is 4. The summed E-state index contributed by atoms with van der Waals surface area (Å²) >= 11 is 0. The Kier molecular flexibility index (Phi) is 5.07. The van der Waals surface area contributed by atoms with Gasteiger partial charge >= 0.3 is 0 Å². The maximum Gasteiger partial charge on any atom is 0.283 e. The molecule has 4 heterocycles. The lowest BCUT2D eigenvalue weighted by atomic mass is 9.96. The fourth-order valence-electron chi connectivity index (χ4n) is 3.91. The van der Waals surface area contributed by atoms with Gasteiger partial charge in [0.05, 0.1) is 23.5 Å². The van der Waals surface area contributed by atoms with Crippen LogP contribution in [0.3, 0.4) is 0 Å². The SMILES string of the molecule is O=C(CCn1cnc2ccccc2c1=O)N1CCC(c2nnc(-c3ccco3)o2)CC1. The number of piperidine rings is 1. The lowest BCUT2D eigenvalue weighted by Crippen LogP contribution is -2.38. The second-order valence-corrected chi connectivity index (χ2v) is 7.59. The van der Waals surface area contributed by atoms with Gasteiger partial charge in [-0.15, -0.1) is 10.2 Å². The monoisotopic (exact) mass is 419 g/mol. The van der Waals surface area contributed by atoms with Crippen molar-refractivity contribution >= 4 is 16.8 Å². The first-order chi connectivity index (χ1) is 15.2. The van der Waals surface area contributed by atoms with E-state index in [-0.39, 0.29) is 23.8 Å². The summed E-state index contributed by atoms with van der Waals surface area (Å²) in [6.07, 6.45) is 4.83. The molecule has 1 aromatic carbocycles. The molecule has 9 heteroatoms. The third-order valence-electron chi connectivity index (χ3n) is 5.67. The Morgan fingerprint density at radius 2 is 1.94 bits per heavy atom. The molecule has 0 unspecified atom stereocenters. The molecule has 9 nitrogen and oxygen atoms in total. The molecule has 1 aliphatic rings. The van der Waals surface area contributed by atoms with E-state index in [2.05, 4.69) is 15.2 Å². The molecule has 1 amide bonds. The van der Waals surface area contributed by atoms with Crippen LogP contribution in [-0.2, 0) is 11.3 Å². The molecule has 1 aliphatic heterocycles. The summed E-state index contributed by atoms with van der Waals surface area (Å²) in [5.41, 5.74) is 0.536. The number of likely N-dealkylation sites (tertiary alicyclic amines) is 1. The van der Waals surface area contributed by atoms with Gasteiger partial charge in [0.25, 0.3) is 11.4 Å². The number of nitrogens with zero attached hydrogens (tertiary/aromatic N) is 5. The summed E-state index contributed by atoms with van der Waals surface area (Å²) in [5.74, 6) is 1.64. The van der Waals surface area contributed by atoms with Crippen molar-refractivity contribution in [2.45, 2.75) is 31.7 Å². The van der Waals surface area contributed by atoms with Gasteiger partial charge in [-0.1, -0.05) is 12.1 Å². The van der Waals surface area contributed by atoms with E-state index in [0.29, 0.717) is 48.1 Å². The number of furan rings is 1. The first-order valence-electron chi connectivity index (χ1n) is 10.3. The number of para-hydroxylation sites is 1. The summed E-state index contributed by atoms with van der Waals surface area (Å²) in [6.45, 7) is 1.55. The van der Waals surface area contributed by atoms with Crippen LogP contribution >= 0.6 is 0 Å². The Labute approximate surface area is 177 Å². The average molecular weight is 419 g/mol. The predicted molar refractivity (Wildman–Crippen MR) is 111 cm³/mol. The zero-order valence-corrected chi connectivity index (χ0v) is 16.8. The smallest absolute Gasteiger partial charge is 0.283 e. The maximum atomic E-state index is 12.7. The summed E-state index contributed by atoms with van der Waals surface area (Å²) in [7, 11) is 0. The lowest BCUT2D eigenvalue weighted by Gasteiger charge is -2.30. The number of aryl methyl sites for hydroxylation is 1. The van der Waals surface area contributed by atoms with E-state index in [1.807, 2.05) is 17.0 Å². The fourth-order valence-corrected chi connectivity index (χ4v) is 3.91. The van der Waals surface area contributed by atoms with Gasteiger partial charge in [-0.3, -0.25) is 14.2 Å². The first-order valence-corrected chi connectivity index (χ1v) is 10.3. The Bertz CT molecular complexity index is 1250. The van der Waals surface area contributed by atoms with Crippen molar-refractivity contribution in [1.82, 2.24) is 24.6 Å². The molecule has 1 saturated heterocycles. The van der Waals surface area contributed by atoms with Crippen LogP contribution in [0.5, 0.6) is 0 Å². The molecule has 4 aromatic rings. The zero-order valence-electron chi connectivity index (χ0n) is 16.8. The van der Waals surface area contributed by atoms with Crippen LogP contribution in [0.1, 0.15) is 31.1 Å². The summed E-state index contributed by atoms with van der Waals surface area (Å²) < 4.78 is 12.5. The molecule has 5 rings (SSSR count). The molecule has 0 aliphatic carbocycles. The highest BCUT2D eigenvalue weighted by Crippen LogP contribution is 2.29. The normalized spacial score (nSPS) is 14.9. The van der Waals surface area contributed by atoms with Gasteiger partial charge in [-0.2, -0.15) is 0 Å². The van der Waals surface area contributed by atoms with E-state index >= 15 is 0 Å². The van der Waals surface area contributed by atoms with Crippen molar-refractivity contribution in [1.29, 1.82) is 0 Å². The third-order valence-corrected chi connectivity index (χ3v) is 5.67. The molecule has 0 atom stereocenters. The van der Waals surface area contributed by atoms with E-state index in [1.165, 1.54) is 10.9 Å². The van der Waals surface area contributed by atoms with Crippen LogP contribution in [0.2, 0.25) is 0 Å². The molecule has 0 radical (unpaired) electrons.